The molecule has 1 aromatic carbocycles. The van der Waals surface area contributed by atoms with Gasteiger partial charge in [0.1, 0.15) is 0 Å². The van der Waals surface area contributed by atoms with Crippen LogP contribution in [0.4, 0.5) is 5.69 Å². The molecule has 0 aliphatic carbocycles. The molecule has 0 radical (unpaired) electrons. The average Bonchev–Trinajstić information content (AvgIpc) is 2.98. The lowest BCUT2D eigenvalue weighted by Gasteiger charge is -2.30. The van der Waals surface area contributed by atoms with Crippen molar-refractivity contribution in [3.8, 4) is 0 Å². The van der Waals surface area contributed by atoms with E-state index in [2.05, 4.69) is 44.3 Å². The van der Waals surface area contributed by atoms with Crippen LogP contribution in [0.3, 0.4) is 0 Å². The van der Waals surface area contributed by atoms with Crippen molar-refractivity contribution in [3.63, 3.8) is 0 Å². The maximum absolute atomic E-state index is 5.53. The minimum Gasteiger partial charge on any atom is -0.424 e. The third kappa shape index (κ3) is 4.05. The van der Waals surface area contributed by atoms with E-state index in [-0.39, 0.29) is 0 Å². The van der Waals surface area contributed by atoms with Gasteiger partial charge in [0.05, 0.1) is 19.8 Å². The van der Waals surface area contributed by atoms with Crippen molar-refractivity contribution < 1.29 is 9.15 Å². The first-order valence-corrected chi connectivity index (χ1v) is 7.70. The van der Waals surface area contributed by atoms with Crippen molar-refractivity contribution in [2.75, 3.05) is 44.3 Å². The van der Waals surface area contributed by atoms with Gasteiger partial charge in [0.15, 0.2) is 0 Å². The van der Waals surface area contributed by atoms with E-state index in [0.717, 1.165) is 39.4 Å². The van der Waals surface area contributed by atoms with E-state index >= 15 is 0 Å². The van der Waals surface area contributed by atoms with Crippen LogP contribution in [-0.4, -0.2) is 54.5 Å². The van der Waals surface area contributed by atoms with Gasteiger partial charge < -0.3 is 14.1 Å². The lowest BCUT2D eigenvalue weighted by atomic mass is 10.2. The van der Waals surface area contributed by atoms with Gasteiger partial charge in [-0.2, -0.15) is 0 Å². The van der Waals surface area contributed by atoms with E-state index in [1.807, 2.05) is 13.0 Å². The van der Waals surface area contributed by atoms with Crippen molar-refractivity contribution in [2.45, 2.75) is 13.5 Å². The monoisotopic (exact) mass is 302 g/mol. The molecule has 1 aliphatic heterocycles. The minimum atomic E-state index is 0.608. The van der Waals surface area contributed by atoms with Gasteiger partial charge in [-0.15, -0.1) is 10.2 Å². The number of hydrogen-bond donors (Lipinski definition) is 0. The van der Waals surface area contributed by atoms with Crippen LogP contribution in [0.15, 0.2) is 34.7 Å². The summed E-state index contributed by atoms with van der Waals surface area (Å²) in [6, 6.07) is 10.4. The number of morpholine rings is 1. The Bertz CT molecular complexity index is 567. The Morgan fingerprint density at radius 1 is 1.14 bits per heavy atom. The van der Waals surface area contributed by atoms with Crippen LogP contribution in [0.25, 0.3) is 0 Å². The highest BCUT2D eigenvalue weighted by Gasteiger charge is 2.15. The molecule has 0 saturated carbocycles. The molecule has 2 aromatic rings. The van der Waals surface area contributed by atoms with Gasteiger partial charge in [-0.3, -0.25) is 4.90 Å². The molecule has 1 fully saturated rings. The molecule has 0 bridgehead atoms. The Labute approximate surface area is 130 Å². The molecule has 6 heteroatoms. The molecule has 0 amide bonds. The highest BCUT2D eigenvalue weighted by Crippen LogP contribution is 2.16. The highest BCUT2D eigenvalue weighted by molar-refractivity contribution is 5.45. The Morgan fingerprint density at radius 3 is 2.59 bits per heavy atom. The van der Waals surface area contributed by atoms with Gasteiger partial charge in [-0.25, -0.2) is 0 Å². The predicted molar refractivity (Wildman–Crippen MR) is 83.8 cm³/mol. The molecule has 118 valence electrons. The van der Waals surface area contributed by atoms with E-state index in [9.17, 15) is 0 Å². The number of aryl methyl sites for hydroxylation is 1. The largest absolute Gasteiger partial charge is 0.424 e. The first-order chi connectivity index (χ1) is 10.8. The van der Waals surface area contributed by atoms with Crippen molar-refractivity contribution in [3.05, 3.63) is 42.1 Å². The Kier molecular flexibility index (Phi) is 5.03. The zero-order chi connectivity index (χ0) is 15.2. The van der Waals surface area contributed by atoms with Gasteiger partial charge in [0, 0.05) is 38.8 Å². The summed E-state index contributed by atoms with van der Waals surface area (Å²) in [6.45, 7) is 8.04. The molecule has 0 unspecified atom stereocenters. The van der Waals surface area contributed by atoms with Crippen LogP contribution in [0.2, 0.25) is 0 Å². The second kappa shape index (κ2) is 7.38. The number of para-hydroxylation sites is 1. The Balaban J connectivity index is 1.65. The van der Waals surface area contributed by atoms with Crippen LogP contribution in [-0.2, 0) is 11.3 Å². The summed E-state index contributed by atoms with van der Waals surface area (Å²) >= 11 is 0. The van der Waals surface area contributed by atoms with Gasteiger partial charge in [0.25, 0.3) is 0 Å². The van der Waals surface area contributed by atoms with Crippen LogP contribution in [0.5, 0.6) is 0 Å². The minimum absolute atomic E-state index is 0.608. The predicted octanol–water partition coefficient (Wildman–Crippen LogP) is 1.72. The van der Waals surface area contributed by atoms with E-state index in [1.165, 1.54) is 5.69 Å². The fourth-order valence-electron chi connectivity index (χ4n) is 2.59. The third-order valence-electron chi connectivity index (χ3n) is 3.81. The number of aromatic nitrogens is 2. The van der Waals surface area contributed by atoms with Gasteiger partial charge in [0.2, 0.25) is 11.8 Å². The van der Waals surface area contributed by atoms with Gasteiger partial charge in [-0.1, -0.05) is 18.2 Å². The summed E-state index contributed by atoms with van der Waals surface area (Å²) in [4.78, 5) is 4.71. The second-order valence-corrected chi connectivity index (χ2v) is 5.43. The van der Waals surface area contributed by atoms with Crippen LogP contribution in [0, 0.1) is 6.92 Å². The standard InChI is InChI=1S/C16H22N4O2/c1-14-17-18-16(22-14)13-20(15-5-3-2-4-6-15)8-7-19-9-11-21-12-10-19/h2-6H,7-13H2,1H3. The molecule has 2 heterocycles. The normalized spacial score (nSPS) is 15.9. The van der Waals surface area contributed by atoms with Crippen LogP contribution >= 0.6 is 0 Å². The Hall–Kier alpha value is -1.92. The summed E-state index contributed by atoms with van der Waals surface area (Å²) in [7, 11) is 0. The van der Waals surface area contributed by atoms with E-state index < -0.39 is 0 Å². The number of hydrogen-bond acceptors (Lipinski definition) is 6. The van der Waals surface area contributed by atoms with E-state index in [1.54, 1.807) is 0 Å². The maximum atomic E-state index is 5.53. The van der Waals surface area contributed by atoms with Gasteiger partial charge in [-0.05, 0) is 12.1 Å². The molecular formula is C16H22N4O2. The van der Waals surface area contributed by atoms with Crippen LogP contribution in [0.1, 0.15) is 11.8 Å². The average molecular weight is 302 g/mol. The molecule has 6 nitrogen and oxygen atoms in total. The molecule has 0 N–H and O–H groups in total. The fourth-order valence-corrected chi connectivity index (χ4v) is 2.59. The first kappa shape index (κ1) is 15.0. The van der Waals surface area contributed by atoms with Crippen molar-refractivity contribution in [1.29, 1.82) is 0 Å². The first-order valence-electron chi connectivity index (χ1n) is 7.70. The molecule has 1 aliphatic rings. The van der Waals surface area contributed by atoms with Crippen molar-refractivity contribution in [1.82, 2.24) is 15.1 Å². The van der Waals surface area contributed by atoms with Crippen molar-refractivity contribution >= 4 is 5.69 Å². The number of ether oxygens (including phenoxy) is 1. The summed E-state index contributed by atoms with van der Waals surface area (Å²) in [5, 5.41) is 8.03. The second-order valence-electron chi connectivity index (χ2n) is 5.43. The molecule has 0 atom stereocenters. The molecule has 1 saturated heterocycles. The number of rotatable bonds is 6. The fraction of sp³-hybridized carbons (Fsp3) is 0.500. The highest BCUT2D eigenvalue weighted by atomic mass is 16.5. The van der Waals surface area contributed by atoms with E-state index in [0.29, 0.717) is 18.3 Å². The molecular weight excluding hydrogens is 280 g/mol. The van der Waals surface area contributed by atoms with Gasteiger partial charge >= 0.3 is 0 Å². The molecule has 3 rings (SSSR count). The topological polar surface area (TPSA) is 54.6 Å². The molecule has 1 aromatic heterocycles. The van der Waals surface area contributed by atoms with E-state index in [4.69, 9.17) is 9.15 Å². The zero-order valence-electron chi connectivity index (χ0n) is 12.9. The molecule has 22 heavy (non-hydrogen) atoms. The molecule has 0 spiro atoms. The number of anilines is 1. The SMILES string of the molecule is Cc1nnc(CN(CCN2CCOCC2)c2ccccc2)o1. The lowest BCUT2D eigenvalue weighted by molar-refractivity contribution is 0.0391. The number of benzene rings is 1. The smallest absolute Gasteiger partial charge is 0.235 e. The summed E-state index contributed by atoms with van der Waals surface area (Å²) in [6.07, 6.45) is 0. The summed E-state index contributed by atoms with van der Waals surface area (Å²) in [5.41, 5.74) is 1.17. The lowest BCUT2D eigenvalue weighted by Crippen LogP contribution is -2.41. The Morgan fingerprint density at radius 2 is 1.91 bits per heavy atom. The third-order valence-corrected chi connectivity index (χ3v) is 3.81. The maximum Gasteiger partial charge on any atom is 0.235 e. The van der Waals surface area contributed by atoms with Crippen LogP contribution < -0.4 is 4.90 Å². The number of nitrogens with zero attached hydrogens (tertiary/aromatic N) is 4. The zero-order valence-corrected chi connectivity index (χ0v) is 12.9. The van der Waals surface area contributed by atoms with Crippen molar-refractivity contribution in [2.24, 2.45) is 0 Å². The summed E-state index contributed by atoms with van der Waals surface area (Å²) in [5.74, 6) is 1.26. The quantitative estimate of drug-likeness (QED) is 0.810. The summed E-state index contributed by atoms with van der Waals surface area (Å²) < 4.78 is 10.9.